The van der Waals surface area contributed by atoms with Gasteiger partial charge in [0, 0.05) is 0 Å². The molecule has 0 saturated carbocycles. The van der Waals surface area contributed by atoms with Crippen molar-refractivity contribution in [3.63, 3.8) is 0 Å². The lowest BCUT2D eigenvalue weighted by molar-refractivity contribution is 0.0600. The second-order valence-electron chi connectivity index (χ2n) is 5.79. The maximum atomic E-state index is 12.4. The molecular formula is C21H17N3O5. The highest BCUT2D eigenvalue weighted by atomic mass is 16.5. The summed E-state index contributed by atoms with van der Waals surface area (Å²) in [5.74, 6) is -1.27. The van der Waals surface area contributed by atoms with Crippen molar-refractivity contribution in [2.75, 3.05) is 12.4 Å². The minimum absolute atomic E-state index is 0.133. The van der Waals surface area contributed by atoms with Crippen molar-refractivity contribution in [2.45, 2.75) is 0 Å². The molecule has 0 unspecified atom stereocenters. The molecule has 1 aromatic heterocycles. The van der Waals surface area contributed by atoms with Gasteiger partial charge in [-0.1, -0.05) is 24.3 Å². The SMILES string of the molecule is COC(=O)c1ccc(/C=N/NC(=O)c2ccccc2NC(=O)c2ccco2)cc1. The van der Waals surface area contributed by atoms with Gasteiger partial charge in [0.25, 0.3) is 11.8 Å². The van der Waals surface area contributed by atoms with Crippen LogP contribution in [0.25, 0.3) is 0 Å². The summed E-state index contributed by atoms with van der Waals surface area (Å²) in [6.45, 7) is 0. The summed E-state index contributed by atoms with van der Waals surface area (Å²) in [6.07, 6.45) is 2.82. The Morgan fingerprint density at radius 3 is 2.41 bits per heavy atom. The molecule has 0 aliphatic rings. The first-order valence-electron chi connectivity index (χ1n) is 8.54. The van der Waals surface area contributed by atoms with Gasteiger partial charge in [-0.3, -0.25) is 9.59 Å². The molecule has 1 heterocycles. The molecule has 8 heteroatoms. The van der Waals surface area contributed by atoms with Gasteiger partial charge >= 0.3 is 5.97 Å². The fourth-order valence-electron chi connectivity index (χ4n) is 2.43. The van der Waals surface area contributed by atoms with Gasteiger partial charge < -0.3 is 14.5 Å². The van der Waals surface area contributed by atoms with Gasteiger partial charge in [-0.15, -0.1) is 0 Å². The topological polar surface area (TPSA) is 110 Å². The van der Waals surface area contributed by atoms with Crippen LogP contribution in [0, 0.1) is 0 Å². The van der Waals surface area contributed by atoms with Gasteiger partial charge in [-0.05, 0) is 42.0 Å². The van der Waals surface area contributed by atoms with Crippen LogP contribution in [0.15, 0.2) is 76.4 Å². The van der Waals surface area contributed by atoms with E-state index < -0.39 is 17.8 Å². The summed E-state index contributed by atoms with van der Waals surface area (Å²) in [5, 5.41) is 6.55. The lowest BCUT2D eigenvalue weighted by Crippen LogP contribution is -2.21. The van der Waals surface area contributed by atoms with Crippen molar-refractivity contribution in [1.29, 1.82) is 0 Å². The molecule has 0 aliphatic carbocycles. The maximum absolute atomic E-state index is 12.4. The predicted molar refractivity (Wildman–Crippen MR) is 106 cm³/mol. The standard InChI is InChI=1S/C21H17N3O5/c1-28-21(27)15-10-8-14(9-11-15)13-22-24-19(25)16-5-2-3-6-17(16)23-20(26)18-7-4-12-29-18/h2-13H,1H3,(H,23,26)(H,24,25)/b22-13+. The van der Waals surface area contributed by atoms with E-state index in [0.29, 0.717) is 16.8 Å². The molecule has 0 fully saturated rings. The highest BCUT2D eigenvalue weighted by molar-refractivity contribution is 6.08. The third kappa shape index (κ3) is 4.95. The molecule has 8 nitrogen and oxygen atoms in total. The Hall–Kier alpha value is -4.20. The first kappa shape index (κ1) is 19.6. The Labute approximate surface area is 166 Å². The molecule has 146 valence electrons. The van der Waals surface area contributed by atoms with E-state index in [1.54, 1.807) is 54.6 Å². The number of furan rings is 1. The number of carbonyl (C=O) groups is 3. The average molecular weight is 391 g/mol. The molecule has 0 saturated heterocycles. The lowest BCUT2D eigenvalue weighted by atomic mass is 10.1. The van der Waals surface area contributed by atoms with Crippen LogP contribution in [0.1, 0.15) is 36.8 Å². The third-order valence-corrected chi connectivity index (χ3v) is 3.88. The number of carbonyl (C=O) groups excluding carboxylic acids is 3. The van der Waals surface area contributed by atoms with Crippen LogP contribution < -0.4 is 10.7 Å². The molecule has 0 atom stereocenters. The minimum Gasteiger partial charge on any atom is -0.465 e. The Morgan fingerprint density at radius 2 is 1.72 bits per heavy atom. The molecule has 3 rings (SSSR count). The molecule has 0 bridgehead atoms. The molecule has 0 aliphatic heterocycles. The normalized spacial score (nSPS) is 10.5. The molecular weight excluding hydrogens is 374 g/mol. The van der Waals surface area contributed by atoms with Crippen LogP contribution in [0.2, 0.25) is 0 Å². The first-order chi connectivity index (χ1) is 14.1. The lowest BCUT2D eigenvalue weighted by Gasteiger charge is -2.08. The Balaban J connectivity index is 1.66. The van der Waals surface area contributed by atoms with Gasteiger partial charge in [0.1, 0.15) is 0 Å². The smallest absolute Gasteiger partial charge is 0.337 e. The Bertz CT molecular complexity index is 1040. The molecule has 2 N–H and O–H groups in total. The zero-order chi connectivity index (χ0) is 20.6. The molecule has 3 aromatic rings. The number of nitrogens with one attached hydrogen (secondary N) is 2. The number of amides is 2. The minimum atomic E-state index is -0.497. The van der Waals surface area contributed by atoms with Crippen molar-refractivity contribution in [3.05, 3.63) is 89.4 Å². The summed E-state index contributed by atoms with van der Waals surface area (Å²) < 4.78 is 9.68. The van der Waals surface area contributed by atoms with Crippen molar-refractivity contribution >= 4 is 29.7 Å². The van der Waals surface area contributed by atoms with E-state index in [-0.39, 0.29) is 11.3 Å². The molecule has 2 aromatic carbocycles. The van der Waals surface area contributed by atoms with E-state index in [1.807, 2.05) is 0 Å². The van der Waals surface area contributed by atoms with Crippen LogP contribution in [0.4, 0.5) is 5.69 Å². The van der Waals surface area contributed by atoms with Gasteiger partial charge in [0.15, 0.2) is 5.76 Å². The first-order valence-corrected chi connectivity index (χ1v) is 8.54. The van der Waals surface area contributed by atoms with E-state index in [1.165, 1.54) is 25.7 Å². The second-order valence-corrected chi connectivity index (χ2v) is 5.79. The van der Waals surface area contributed by atoms with Crippen molar-refractivity contribution in [2.24, 2.45) is 5.10 Å². The summed E-state index contributed by atoms with van der Waals surface area (Å²) in [5.41, 5.74) is 4.06. The van der Waals surface area contributed by atoms with Gasteiger partial charge in [-0.25, -0.2) is 10.2 Å². The Kier molecular flexibility index (Phi) is 6.16. The van der Waals surface area contributed by atoms with Crippen LogP contribution in [-0.4, -0.2) is 31.1 Å². The monoisotopic (exact) mass is 391 g/mol. The predicted octanol–water partition coefficient (Wildman–Crippen LogP) is 3.08. The number of ether oxygens (including phenoxy) is 1. The van der Waals surface area contributed by atoms with Crippen molar-refractivity contribution in [3.8, 4) is 0 Å². The number of para-hydroxylation sites is 1. The zero-order valence-electron chi connectivity index (χ0n) is 15.4. The number of nitrogens with zero attached hydrogens (tertiary/aromatic N) is 1. The Morgan fingerprint density at radius 1 is 0.966 bits per heavy atom. The zero-order valence-corrected chi connectivity index (χ0v) is 15.4. The molecule has 2 amide bonds. The van der Waals surface area contributed by atoms with E-state index in [4.69, 9.17) is 4.42 Å². The number of benzene rings is 2. The second kappa shape index (κ2) is 9.14. The summed E-state index contributed by atoms with van der Waals surface area (Å²) >= 11 is 0. The van der Waals surface area contributed by atoms with E-state index in [2.05, 4.69) is 20.6 Å². The number of hydrogen-bond donors (Lipinski definition) is 2. The third-order valence-electron chi connectivity index (χ3n) is 3.88. The van der Waals surface area contributed by atoms with E-state index in [9.17, 15) is 14.4 Å². The maximum Gasteiger partial charge on any atom is 0.337 e. The van der Waals surface area contributed by atoms with E-state index >= 15 is 0 Å². The summed E-state index contributed by atoms with van der Waals surface area (Å²) in [6, 6.07) is 16.2. The van der Waals surface area contributed by atoms with Gasteiger partial charge in [-0.2, -0.15) is 5.10 Å². The average Bonchev–Trinajstić information content (AvgIpc) is 3.29. The molecule has 0 radical (unpaired) electrons. The van der Waals surface area contributed by atoms with Crippen LogP contribution in [0.5, 0.6) is 0 Å². The number of rotatable bonds is 6. The van der Waals surface area contributed by atoms with E-state index in [0.717, 1.165) is 0 Å². The quantitative estimate of drug-likeness (QED) is 0.381. The fraction of sp³-hybridized carbons (Fsp3) is 0.0476. The van der Waals surface area contributed by atoms with Crippen LogP contribution in [0.3, 0.4) is 0 Å². The number of anilines is 1. The number of esters is 1. The largest absolute Gasteiger partial charge is 0.465 e. The summed E-state index contributed by atoms with van der Waals surface area (Å²) in [4.78, 5) is 36.0. The molecule has 29 heavy (non-hydrogen) atoms. The summed E-state index contributed by atoms with van der Waals surface area (Å²) in [7, 11) is 1.31. The van der Waals surface area contributed by atoms with Crippen molar-refractivity contribution in [1.82, 2.24) is 5.43 Å². The highest BCUT2D eigenvalue weighted by Gasteiger charge is 2.15. The van der Waals surface area contributed by atoms with Crippen LogP contribution >= 0.6 is 0 Å². The fourth-order valence-corrected chi connectivity index (χ4v) is 2.43. The van der Waals surface area contributed by atoms with Crippen LogP contribution in [-0.2, 0) is 4.74 Å². The number of methoxy groups -OCH3 is 1. The highest BCUT2D eigenvalue weighted by Crippen LogP contribution is 2.16. The number of hydrazone groups is 1. The molecule has 0 spiro atoms. The van der Waals surface area contributed by atoms with Gasteiger partial charge in [0.2, 0.25) is 0 Å². The van der Waals surface area contributed by atoms with Crippen molar-refractivity contribution < 1.29 is 23.5 Å². The number of hydrogen-bond acceptors (Lipinski definition) is 6. The van der Waals surface area contributed by atoms with Gasteiger partial charge in [0.05, 0.1) is 36.4 Å².